The van der Waals surface area contributed by atoms with Crippen molar-refractivity contribution in [3.05, 3.63) is 71.8 Å². The third-order valence-electron chi connectivity index (χ3n) is 4.77. The minimum atomic E-state index is -3.73. The Morgan fingerprint density at radius 1 is 1.03 bits per heavy atom. The standard InChI is InChI=1S/C23H26N4O4S/c1-5-27(6-2)32(29,30)19-10-11-22(31-18-9-7-8-16(3)12-18)20(13-19)26-23(28)21-15-24-17(4)14-25-21/h7-15H,5-6H2,1-4H3,(H,26,28). The zero-order valence-corrected chi connectivity index (χ0v) is 19.3. The van der Waals surface area contributed by atoms with Gasteiger partial charge in [0.2, 0.25) is 10.0 Å². The molecule has 1 heterocycles. The molecule has 0 spiro atoms. The summed E-state index contributed by atoms with van der Waals surface area (Å²) in [6.45, 7) is 7.92. The van der Waals surface area contributed by atoms with Crippen LogP contribution in [0.25, 0.3) is 0 Å². The van der Waals surface area contributed by atoms with E-state index in [0.717, 1.165) is 5.56 Å². The van der Waals surface area contributed by atoms with E-state index in [1.165, 1.54) is 34.9 Å². The van der Waals surface area contributed by atoms with Gasteiger partial charge in [-0.3, -0.25) is 9.78 Å². The second-order valence-electron chi connectivity index (χ2n) is 7.16. The minimum absolute atomic E-state index is 0.0584. The molecule has 0 saturated heterocycles. The molecule has 1 amide bonds. The number of ether oxygens (including phenoxy) is 1. The summed E-state index contributed by atoms with van der Waals surface area (Å²) in [5.41, 5.74) is 2.00. The van der Waals surface area contributed by atoms with Crippen LogP contribution in [0.3, 0.4) is 0 Å². The van der Waals surface area contributed by atoms with Crippen molar-refractivity contribution in [1.82, 2.24) is 14.3 Å². The number of nitrogens with zero attached hydrogens (tertiary/aromatic N) is 3. The van der Waals surface area contributed by atoms with E-state index < -0.39 is 15.9 Å². The smallest absolute Gasteiger partial charge is 0.275 e. The van der Waals surface area contributed by atoms with Gasteiger partial charge in [-0.05, 0) is 49.7 Å². The van der Waals surface area contributed by atoms with Gasteiger partial charge in [0.05, 0.1) is 22.5 Å². The van der Waals surface area contributed by atoms with Crippen LogP contribution < -0.4 is 10.1 Å². The number of nitrogens with one attached hydrogen (secondary N) is 1. The average molecular weight is 455 g/mol. The first kappa shape index (κ1) is 23.4. The predicted molar refractivity (Wildman–Crippen MR) is 123 cm³/mol. The van der Waals surface area contributed by atoms with Crippen LogP contribution in [-0.4, -0.2) is 41.7 Å². The Morgan fingerprint density at radius 2 is 1.78 bits per heavy atom. The summed E-state index contributed by atoms with van der Waals surface area (Å²) in [6.07, 6.45) is 2.85. The van der Waals surface area contributed by atoms with E-state index in [0.29, 0.717) is 30.3 Å². The molecule has 2 aromatic carbocycles. The molecule has 8 nitrogen and oxygen atoms in total. The van der Waals surface area contributed by atoms with Crippen LogP contribution in [0.5, 0.6) is 11.5 Å². The normalized spacial score (nSPS) is 11.4. The van der Waals surface area contributed by atoms with Gasteiger partial charge in [-0.25, -0.2) is 13.4 Å². The monoisotopic (exact) mass is 454 g/mol. The van der Waals surface area contributed by atoms with Gasteiger partial charge in [0, 0.05) is 19.3 Å². The molecule has 1 aromatic heterocycles. The zero-order valence-electron chi connectivity index (χ0n) is 18.5. The van der Waals surface area contributed by atoms with Gasteiger partial charge in [0.15, 0.2) is 5.75 Å². The lowest BCUT2D eigenvalue weighted by Crippen LogP contribution is -2.30. The van der Waals surface area contributed by atoms with Crippen molar-refractivity contribution in [2.45, 2.75) is 32.6 Å². The molecule has 0 fully saturated rings. The molecule has 0 aliphatic heterocycles. The van der Waals surface area contributed by atoms with Crippen LogP contribution in [0.2, 0.25) is 0 Å². The maximum absolute atomic E-state index is 13.0. The van der Waals surface area contributed by atoms with Gasteiger partial charge in [-0.1, -0.05) is 26.0 Å². The number of carbonyl (C=O) groups excluding carboxylic acids is 1. The zero-order chi connectivity index (χ0) is 23.3. The fourth-order valence-corrected chi connectivity index (χ4v) is 4.56. The van der Waals surface area contributed by atoms with Crippen molar-refractivity contribution in [3.8, 4) is 11.5 Å². The van der Waals surface area contributed by atoms with Crippen LogP contribution in [-0.2, 0) is 10.0 Å². The Morgan fingerprint density at radius 3 is 2.41 bits per heavy atom. The predicted octanol–water partition coefficient (Wildman–Crippen LogP) is 4.17. The summed E-state index contributed by atoms with van der Waals surface area (Å²) < 4.78 is 33.3. The lowest BCUT2D eigenvalue weighted by atomic mass is 10.2. The number of carbonyl (C=O) groups is 1. The average Bonchev–Trinajstić information content (AvgIpc) is 2.76. The third kappa shape index (κ3) is 5.30. The Bertz CT molecular complexity index is 1210. The molecule has 0 atom stereocenters. The van der Waals surface area contributed by atoms with Crippen LogP contribution >= 0.6 is 0 Å². The second-order valence-corrected chi connectivity index (χ2v) is 9.10. The first-order chi connectivity index (χ1) is 15.2. The molecule has 168 valence electrons. The molecule has 0 radical (unpaired) electrons. The summed E-state index contributed by atoms with van der Waals surface area (Å²) in [7, 11) is -3.73. The fourth-order valence-electron chi connectivity index (χ4n) is 3.07. The Kier molecular flexibility index (Phi) is 7.22. The summed E-state index contributed by atoms with van der Waals surface area (Å²) in [5, 5.41) is 2.72. The van der Waals surface area contributed by atoms with E-state index in [-0.39, 0.29) is 16.3 Å². The molecule has 3 rings (SSSR count). The van der Waals surface area contributed by atoms with Gasteiger partial charge in [-0.2, -0.15) is 4.31 Å². The quantitative estimate of drug-likeness (QED) is 0.548. The number of hydrogen-bond acceptors (Lipinski definition) is 6. The van der Waals surface area contributed by atoms with Crippen LogP contribution in [0.15, 0.2) is 59.8 Å². The van der Waals surface area contributed by atoms with Crippen molar-refractivity contribution in [1.29, 1.82) is 0 Å². The van der Waals surface area contributed by atoms with Crippen molar-refractivity contribution in [2.75, 3.05) is 18.4 Å². The number of benzene rings is 2. The molecule has 0 saturated carbocycles. The van der Waals surface area contributed by atoms with Gasteiger partial charge in [0.25, 0.3) is 5.91 Å². The molecule has 1 N–H and O–H groups in total. The Labute approximate surface area is 188 Å². The van der Waals surface area contributed by atoms with Crippen molar-refractivity contribution >= 4 is 21.6 Å². The first-order valence-electron chi connectivity index (χ1n) is 10.2. The van der Waals surface area contributed by atoms with E-state index in [4.69, 9.17) is 4.74 Å². The van der Waals surface area contributed by atoms with Gasteiger partial charge in [0.1, 0.15) is 11.4 Å². The molecular formula is C23H26N4O4S. The third-order valence-corrected chi connectivity index (χ3v) is 6.82. The molecule has 0 bridgehead atoms. The molecule has 0 aliphatic carbocycles. The lowest BCUT2D eigenvalue weighted by molar-refractivity contribution is 0.102. The van der Waals surface area contributed by atoms with Crippen LogP contribution in [0, 0.1) is 13.8 Å². The topological polar surface area (TPSA) is 101 Å². The van der Waals surface area contributed by atoms with E-state index in [1.807, 2.05) is 25.1 Å². The highest BCUT2D eigenvalue weighted by atomic mass is 32.2. The minimum Gasteiger partial charge on any atom is -0.455 e. The lowest BCUT2D eigenvalue weighted by Gasteiger charge is -2.20. The maximum atomic E-state index is 13.0. The highest BCUT2D eigenvalue weighted by Crippen LogP contribution is 2.33. The number of amides is 1. The van der Waals surface area contributed by atoms with E-state index in [1.54, 1.807) is 26.8 Å². The molecule has 9 heteroatoms. The Balaban J connectivity index is 2.02. The SMILES string of the molecule is CCN(CC)S(=O)(=O)c1ccc(Oc2cccc(C)c2)c(NC(=O)c2cnc(C)cn2)c1. The van der Waals surface area contributed by atoms with E-state index in [9.17, 15) is 13.2 Å². The number of rotatable bonds is 8. The number of aryl methyl sites for hydroxylation is 2. The summed E-state index contributed by atoms with van der Waals surface area (Å²) >= 11 is 0. The van der Waals surface area contributed by atoms with E-state index in [2.05, 4.69) is 15.3 Å². The molecule has 0 aliphatic rings. The van der Waals surface area contributed by atoms with Crippen molar-refractivity contribution < 1.29 is 17.9 Å². The van der Waals surface area contributed by atoms with Gasteiger partial charge >= 0.3 is 0 Å². The largest absolute Gasteiger partial charge is 0.455 e. The molecule has 32 heavy (non-hydrogen) atoms. The van der Waals surface area contributed by atoms with Crippen molar-refractivity contribution in [2.24, 2.45) is 0 Å². The summed E-state index contributed by atoms with van der Waals surface area (Å²) in [4.78, 5) is 21.0. The first-order valence-corrected chi connectivity index (χ1v) is 11.7. The fraction of sp³-hybridized carbons (Fsp3) is 0.261. The number of aromatic nitrogens is 2. The Hall–Kier alpha value is -3.30. The number of anilines is 1. The highest BCUT2D eigenvalue weighted by molar-refractivity contribution is 7.89. The number of hydrogen-bond donors (Lipinski definition) is 1. The summed E-state index contributed by atoms with van der Waals surface area (Å²) in [6, 6.07) is 11.8. The van der Waals surface area contributed by atoms with Crippen LogP contribution in [0.1, 0.15) is 35.6 Å². The molecule has 3 aromatic rings. The number of sulfonamides is 1. The van der Waals surface area contributed by atoms with Gasteiger partial charge < -0.3 is 10.1 Å². The second kappa shape index (κ2) is 9.88. The van der Waals surface area contributed by atoms with Gasteiger partial charge in [-0.15, -0.1) is 0 Å². The van der Waals surface area contributed by atoms with Crippen molar-refractivity contribution in [3.63, 3.8) is 0 Å². The molecular weight excluding hydrogens is 428 g/mol. The maximum Gasteiger partial charge on any atom is 0.275 e. The summed E-state index contributed by atoms with van der Waals surface area (Å²) in [5.74, 6) is 0.349. The highest BCUT2D eigenvalue weighted by Gasteiger charge is 2.24. The van der Waals surface area contributed by atoms with E-state index >= 15 is 0 Å². The van der Waals surface area contributed by atoms with Crippen LogP contribution in [0.4, 0.5) is 5.69 Å². The molecule has 0 unspecified atom stereocenters.